The van der Waals surface area contributed by atoms with Gasteiger partial charge in [0.2, 0.25) is 10.0 Å². The number of para-hydroxylation sites is 1. The molecule has 2 aromatic rings. The molecule has 0 unspecified atom stereocenters. The van der Waals surface area contributed by atoms with Crippen molar-refractivity contribution in [1.29, 1.82) is 0 Å². The molecule has 0 spiro atoms. The van der Waals surface area contributed by atoms with Crippen LogP contribution in [0.1, 0.15) is 12.5 Å². The Hall–Kier alpha value is -2.42. The van der Waals surface area contributed by atoms with Crippen molar-refractivity contribution in [3.05, 3.63) is 54.1 Å². The number of carbonyl (C=O) groups is 1. The number of anilines is 1. The van der Waals surface area contributed by atoms with E-state index < -0.39 is 16.1 Å². The Morgan fingerprint density at radius 1 is 1.03 bits per heavy atom. The number of amides is 1. The molecule has 0 saturated carbocycles. The van der Waals surface area contributed by atoms with Gasteiger partial charge in [-0.1, -0.05) is 18.2 Å². The second-order valence-corrected chi connectivity index (χ2v) is 9.18. The van der Waals surface area contributed by atoms with Crippen molar-refractivity contribution < 1.29 is 17.9 Å². The Kier molecular flexibility index (Phi) is 6.56. The van der Waals surface area contributed by atoms with Gasteiger partial charge in [-0.05, 0) is 56.8 Å². The van der Waals surface area contributed by atoms with Gasteiger partial charge >= 0.3 is 0 Å². The number of rotatable bonds is 6. The lowest BCUT2D eigenvalue weighted by Gasteiger charge is -2.31. The van der Waals surface area contributed by atoms with Crippen LogP contribution < -0.4 is 10.1 Å². The highest BCUT2D eigenvalue weighted by atomic mass is 32.2. The summed E-state index contributed by atoms with van der Waals surface area (Å²) in [4.78, 5) is 14.7. The zero-order valence-electron chi connectivity index (χ0n) is 17.0. The zero-order valence-corrected chi connectivity index (χ0v) is 17.8. The number of nitrogens with one attached hydrogen (secondary N) is 1. The number of aryl methyl sites for hydroxylation is 1. The van der Waals surface area contributed by atoms with Gasteiger partial charge < -0.3 is 15.0 Å². The van der Waals surface area contributed by atoms with Gasteiger partial charge in [-0.15, -0.1) is 0 Å². The first-order valence-corrected chi connectivity index (χ1v) is 11.0. The number of carbonyl (C=O) groups excluding carboxylic acids is 1. The molecule has 1 N–H and O–H groups in total. The first kappa shape index (κ1) is 21.3. The van der Waals surface area contributed by atoms with E-state index >= 15 is 0 Å². The van der Waals surface area contributed by atoms with Gasteiger partial charge in [0.05, 0.1) is 4.90 Å². The average Bonchev–Trinajstić information content (AvgIpc) is 2.70. The number of hydrogen-bond acceptors (Lipinski definition) is 5. The lowest BCUT2D eigenvalue weighted by molar-refractivity contribution is -0.122. The normalized spacial score (nSPS) is 16.9. The van der Waals surface area contributed by atoms with Crippen LogP contribution in [0.25, 0.3) is 0 Å². The molecule has 1 fully saturated rings. The lowest BCUT2D eigenvalue weighted by Crippen LogP contribution is -2.46. The maximum Gasteiger partial charge on any atom is 0.265 e. The Labute approximate surface area is 172 Å². The van der Waals surface area contributed by atoms with Crippen molar-refractivity contribution in [3.63, 3.8) is 0 Å². The van der Waals surface area contributed by atoms with Crippen LogP contribution in [-0.2, 0) is 14.8 Å². The highest BCUT2D eigenvalue weighted by Gasteiger charge is 2.27. The molecule has 7 nitrogen and oxygen atoms in total. The van der Waals surface area contributed by atoms with Crippen molar-refractivity contribution in [2.45, 2.75) is 24.8 Å². The molecule has 0 radical (unpaired) electrons. The summed E-state index contributed by atoms with van der Waals surface area (Å²) < 4.78 is 32.8. The van der Waals surface area contributed by atoms with Crippen LogP contribution in [0.5, 0.6) is 5.75 Å². The Bertz CT molecular complexity index is 952. The van der Waals surface area contributed by atoms with Crippen molar-refractivity contribution >= 4 is 21.6 Å². The molecule has 0 aromatic heterocycles. The lowest BCUT2D eigenvalue weighted by atomic mass is 10.2. The number of benzene rings is 2. The van der Waals surface area contributed by atoms with E-state index in [9.17, 15) is 13.2 Å². The molecule has 1 amide bonds. The predicted molar refractivity (Wildman–Crippen MR) is 113 cm³/mol. The van der Waals surface area contributed by atoms with Crippen LogP contribution in [0.4, 0.5) is 5.69 Å². The summed E-state index contributed by atoms with van der Waals surface area (Å²) >= 11 is 0. The third-order valence-electron chi connectivity index (χ3n) is 4.99. The van der Waals surface area contributed by atoms with E-state index in [1.807, 2.05) is 38.2 Å². The fourth-order valence-corrected chi connectivity index (χ4v) is 4.49. The first-order chi connectivity index (χ1) is 13.8. The van der Waals surface area contributed by atoms with Crippen molar-refractivity contribution in [3.8, 4) is 5.75 Å². The van der Waals surface area contributed by atoms with Crippen LogP contribution in [0.3, 0.4) is 0 Å². The summed E-state index contributed by atoms with van der Waals surface area (Å²) in [6.45, 7) is 5.97. The topological polar surface area (TPSA) is 78.9 Å². The Morgan fingerprint density at radius 2 is 1.66 bits per heavy atom. The molecule has 29 heavy (non-hydrogen) atoms. The van der Waals surface area contributed by atoms with Crippen LogP contribution in [0, 0.1) is 6.92 Å². The molecule has 8 heteroatoms. The summed E-state index contributed by atoms with van der Waals surface area (Å²) in [6.07, 6.45) is -0.690. The fourth-order valence-electron chi connectivity index (χ4n) is 3.06. The van der Waals surface area contributed by atoms with Crippen LogP contribution in [-0.4, -0.2) is 62.9 Å². The van der Waals surface area contributed by atoms with Gasteiger partial charge in [0.25, 0.3) is 5.91 Å². The van der Waals surface area contributed by atoms with Gasteiger partial charge in [0, 0.05) is 31.9 Å². The van der Waals surface area contributed by atoms with E-state index in [1.54, 1.807) is 19.1 Å². The second kappa shape index (κ2) is 8.94. The number of nitrogens with zero attached hydrogens (tertiary/aromatic N) is 2. The third kappa shape index (κ3) is 5.14. The number of likely N-dealkylation sites (N-methyl/N-ethyl adjacent to an activating group) is 1. The highest BCUT2D eigenvalue weighted by Crippen LogP contribution is 2.21. The summed E-state index contributed by atoms with van der Waals surface area (Å²) in [5.74, 6) is 0.353. The van der Waals surface area contributed by atoms with Crippen molar-refractivity contribution in [2.24, 2.45) is 0 Å². The Morgan fingerprint density at radius 3 is 2.28 bits per heavy atom. The average molecular weight is 418 g/mol. The van der Waals surface area contributed by atoms with Gasteiger partial charge in [-0.3, -0.25) is 4.79 Å². The smallest absolute Gasteiger partial charge is 0.265 e. The van der Waals surface area contributed by atoms with Gasteiger partial charge in [-0.2, -0.15) is 4.31 Å². The summed E-state index contributed by atoms with van der Waals surface area (Å²) in [7, 11) is -1.55. The molecule has 2 aromatic carbocycles. The van der Waals surface area contributed by atoms with Gasteiger partial charge in [0.1, 0.15) is 5.75 Å². The van der Waals surface area contributed by atoms with Crippen molar-refractivity contribution in [2.75, 3.05) is 38.5 Å². The molecule has 1 atom stereocenters. The molecule has 1 aliphatic heterocycles. The minimum Gasteiger partial charge on any atom is -0.481 e. The van der Waals surface area contributed by atoms with E-state index in [1.165, 1.54) is 16.4 Å². The molecule has 1 aliphatic rings. The van der Waals surface area contributed by atoms with E-state index in [-0.39, 0.29) is 10.8 Å². The van der Waals surface area contributed by atoms with E-state index in [2.05, 4.69) is 10.2 Å². The van der Waals surface area contributed by atoms with Crippen molar-refractivity contribution in [1.82, 2.24) is 9.21 Å². The number of ether oxygens (including phenoxy) is 1. The highest BCUT2D eigenvalue weighted by molar-refractivity contribution is 7.89. The maximum absolute atomic E-state index is 12.8. The first-order valence-electron chi connectivity index (χ1n) is 9.59. The van der Waals surface area contributed by atoms with Crippen LogP contribution in [0.2, 0.25) is 0 Å². The largest absolute Gasteiger partial charge is 0.481 e. The molecule has 3 rings (SSSR count). The predicted octanol–water partition coefficient (Wildman–Crippen LogP) is 2.34. The van der Waals surface area contributed by atoms with E-state index in [4.69, 9.17) is 4.74 Å². The van der Waals surface area contributed by atoms with Crippen LogP contribution >= 0.6 is 0 Å². The fraction of sp³-hybridized carbons (Fsp3) is 0.381. The Balaban J connectivity index is 1.62. The SMILES string of the molecule is Cc1ccccc1O[C@H](C)C(=O)Nc1ccc(S(=O)(=O)N2CCN(C)CC2)cc1. The zero-order chi connectivity index (χ0) is 21.0. The minimum atomic E-state index is -3.52. The third-order valence-corrected chi connectivity index (χ3v) is 6.90. The monoisotopic (exact) mass is 417 g/mol. The number of hydrogen-bond donors (Lipinski definition) is 1. The summed E-state index contributed by atoms with van der Waals surface area (Å²) in [5, 5.41) is 2.77. The molecular weight excluding hydrogens is 390 g/mol. The van der Waals surface area contributed by atoms with Gasteiger partial charge in [-0.25, -0.2) is 8.42 Å². The van der Waals surface area contributed by atoms with Crippen LogP contribution in [0.15, 0.2) is 53.4 Å². The molecule has 1 heterocycles. The summed E-state index contributed by atoms with van der Waals surface area (Å²) in [5.41, 5.74) is 1.47. The van der Waals surface area contributed by atoms with Gasteiger partial charge in [0.15, 0.2) is 6.10 Å². The quantitative estimate of drug-likeness (QED) is 0.781. The molecule has 0 bridgehead atoms. The molecular formula is C21H27N3O4S. The second-order valence-electron chi connectivity index (χ2n) is 7.25. The van der Waals surface area contributed by atoms with E-state index in [0.717, 1.165) is 5.56 Å². The molecule has 0 aliphatic carbocycles. The molecule has 156 valence electrons. The summed E-state index contributed by atoms with van der Waals surface area (Å²) in [6, 6.07) is 13.7. The standard InChI is InChI=1S/C21H27N3O4S/c1-16-6-4-5-7-20(16)28-17(2)21(25)22-18-8-10-19(11-9-18)29(26,27)24-14-12-23(3)13-15-24/h4-11,17H,12-15H2,1-3H3,(H,22,25)/t17-/m1/s1. The minimum absolute atomic E-state index is 0.226. The molecule has 1 saturated heterocycles. The number of sulfonamides is 1. The van der Waals surface area contributed by atoms with E-state index in [0.29, 0.717) is 37.6 Å². The number of piperazine rings is 1. The maximum atomic E-state index is 12.8.